The number of hydrogen-bond donors (Lipinski definition) is 2. The number of amides is 2. The van der Waals surface area contributed by atoms with Crippen LogP contribution in [0, 0.1) is 0 Å². The zero-order chi connectivity index (χ0) is 14.3. The van der Waals surface area contributed by atoms with E-state index in [1.165, 1.54) is 0 Å². The van der Waals surface area contributed by atoms with Crippen LogP contribution >= 0.6 is 11.6 Å². The lowest BCUT2D eigenvalue weighted by Gasteiger charge is -2.13. The smallest absolute Gasteiger partial charge is 0.258 e. The van der Waals surface area contributed by atoms with Gasteiger partial charge in [0.05, 0.1) is 0 Å². The Hall–Kier alpha value is -1.75. The third kappa shape index (κ3) is 5.61. The van der Waals surface area contributed by atoms with E-state index in [4.69, 9.17) is 16.3 Å². The molecule has 0 spiro atoms. The Morgan fingerprint density at radius 2 is 1.95 bits per heavy atom. The van der Waals surface area contributed by atoms with Gasteiger partial charge in [0.1, 0.15) is 11.8 Å². The van der Waals surface area contributed by atoms with Crippen molar-refractivity contribution in [3.8, 4) is 5.75 Å². The van der Waals surface area contributed by atoms with Crippen LogP contribution in [0.3, 0.4) is 0 Å². The molecule has 0 radical (unpaired) electrons. The molecule has 0 fully saturated rings. The summed E-state index contributed by atoms with van der Waals surface area (Å²) >= 11 is 5.73. The minimum absolute atomic E-state index is 0.147. The van der Waals surface area contributed by atoms with Crippen molar-refractivity contribution < 1.29 is 14.3 Å². The Balaban J connectivity index is 2.35. The lowest BCUT2D eigenvalue weighted by atomic mass is 10.3. The van der Waals surface area contributed by atoms with Crippen LogP contribution in [0.25, 0.3) is 0 Å². The predicted octanol–water partition coefficient (Wildman–Crippen LogP) is 1.36. The van der Waals surface area contributed by atoms with E-state index in [9.17, 15) is 9.59 Å². The van der Waals surface area contributed by atoms with Crippen LogP contribution in [-0.2, 0) is 9.59 Å². The van der Waals surface area contributed by atoms with Crippen LogP contribution in [0.1, 0.15) is 13.8 Å². The number of hydrogen-bond acceptors (Lipinski definition) is 3. The van der Waals surface area contributed by atoms with E-state index in [-0.39, 0.29) is 18.4 Å². The molecule has 0 heterocycles. The fraction of sp³-hybridized carbons (Fsp3) is 0.385. The first-order valence-corrected chi connectivity index (χ1v) is 6.36. The van der Waals surface area contributed by atoms with Crippen LogP contribution in [0.2, 0.25) is 5.02 Å². The van der Waals surface area contributed by atoms with Crippen molar-refractivity contribution in [3.63, 3.8) is 0 Å². The fourth-order valence-electron chi connectivity index (χ4n) is 1.36. The molecule has 5 nitrogen and oxygen atoms in total. The van der Waals surface area contributed by atoms with Crippen LogP contribution in [0.5, 0.6) is 5.75 Å². The molecule has 104 valence electrons. The number of carbonyl (C=O) groups excluding carboxylic acids is 2. The molecule has 1 rings (SSSR count). The zero-order valence-electron chi connectivity index (χ0n) is 10.9. The van der Waals surface area contributed by atoms with Gasteiger partial charge in [-0.1, -0.05) is 11.6 Å². The maximum atomic E-state index is 11.6. The van der Waals surface area contributed by atoms with Gasteiger partial charge in [-0.3, -0.25) is 9.59 Å². The summed E-state index contributed by atoms with van der Waals surface area (Å²) in [5.41, 5.74) is 0. The van der Waals surface area contributed by atoms with Crippen molar-refractivity contribution in [2.24, 2.45) is 0 Å². The van der Waals surface area contributed by atoms with Crippen molar-refractivity contribution >= 4 is 23.4 Å². The summed E-state index contributed by atoms with van der Waals surface area (Å²) in [7, 11) is 0. The summed E-state index contributed by atoms with van der Waals surface area (Å²) in [5.74, 6) is -0.0266. The standard InChI is InChI=1S/C13H17ClN2O3/c1-3-15-13(18)9(2)16-12(17)8-19-11-6-4-10(14)5-7-11/h4-7,9H,3,8H2,1-2H3,(H,15,18)(H,16,17). The maximum Gasteiger partial charge on any atom is 0.258 e. The number of nitrogens with one attached hydrogen (secondary N) is 2. The van der Waals surface area contributed by atoms with E-state index >= 15 is 0 Å². The van der Waals surface area contributed by atoms with Gasteiger partial charge in [0.2, 0.25) is 5.91 Å². The predicted molar refractivity (Wildman–Crippen MR) is 73.2 cm³/mol. The molecule has 0 saturated heterocycles. The Kier molecular flexibility index (Phi) is 6.15. The molecule has 0 aliphatic rings. The van der Waals surface area contributed by atoms with Crippen LogP contribution in [0.4, 0.5) is 0 Å². The average Bonchev–Trinajstić information content (AvgIpc) is 2.38. The highest BCUT2D eigenvalue weighted by Crippen LogP contribution is 2.15. The van der Waals surface area contributed by atoms with E-state index < -0.39 is 6.04 Å². The molecule has 2 amide bonds. The highest BCUT2D eigenvalue weighted by atomic mass is 35.5. The van der Waals surface area contributed by atoms with Crippen molar-refractivity contribution in [2.75, 3.05) is 13.2 Å². The fourth-order valence-corrected chi connectivity index (χ4v) is 1.48. The molecule has 1 aromatic rings. The second kappa shape index (κ2) is 7.63. The number of benzene rings is 1. The molecule has 0 saturated carbocycles. The van der Waals surface area contributed by atoms with Gasteiger partial charge in [-0.25, -0.2) is 0 Å². The summed E-state index contributed by atoms with van der Waals surface area (Å²) in [4.78, 5) is 23.0. The quantitative estimate of drug-likeness (QED) is 0.829. The topological polar surface area (TPSA) is 67.4 Å². The lowest BCUT2D eigenvalue weighted by molar-refractivity contribution is -0.129. The van der Waals surface area contributed by atoms with Gasteiger partial charge in [0.15, 0.2) is 6.61 Å². The molecule has 0 aliphatic heterocycles. The minimum atomic E-state index is -0.582. The molecule has 1 atom stereocenters. The Bertz CT molecular complexity index is 434. The Morgan fingerprint density at radius 1 is 1.32 bits per heavy atom. The van der Waals surface area contributed by atoms with E-state index in [2.05, 4.69) is 10.6 Å². The van der Waals surface area contributed by atoms with Crippen molar-refractivity contribution in [3.05, 3.63) is 29.3 Å². The summed E-state index contributed by atoms with van der Waals surface area (Å²) in [6, 6.07) is 6.10. The van der Waals surface area contributed by atoms with Crippen molar-refractivity contribution in [1.29, 1.82) is 0 Å². The van der Waals surface area contributed by atoms with E-state index in [0.29, 0.717) is 17.3 Å². The number of carbonyl (C=O) groups is 2. The van der Waals surface area contributed by atoms with Crippen LogP contribution in [0.15, 0.2) is 24.3 Å². The second-order valence-corrected chi connectivity index (χ2v) is 4.36. The van der Waals surface area contributed by atoms with Gasteiger partial charge in [-0.05, 0) is 38.1 Å². The van der Waals surface area contributed by atoms with Gasteiger partial charge in [0.25, 0.3) is 5.91 Å². The SMILES string of the molecule is CCNC(=O)C(C)NC(=O)COc1ccc(Cl)cc1. The van der Waals surface area contributed by atoms with E-state index in [1.807, 2.05) is 6.92 Å². The summed E-state index contributed by atoms with van der Waals surface area (Å²) < 4.78 is 5.26. The van der Waals surface area contributed by atoms with Gasteiger partial charge in [0, 0.05) is 11.6 Å². The summed E-state index contributed by atoms with van der Waals surface area (Å²) in [6.45, 7) is 3.81. The largest absolute Gasteiger partial charge is 0.484 e. The number of halogens is 1. The highest BCUT2D eigenvalue weighted by molar-refractivity contribution is 6.30. The number of rotatable bonds is 6. The summed E-state index contributed by atoms with van der Waals surface area (Å²) in [5, 5.41) is 5.76. The third-order valence-electron chi connectivity index (χ3n) is 2.31. The Labute approximate surface area is 117 Å². The molecule has 1 unspecified atom stereocenters. The maximum absolute atomic E-state index is 11.6. The van der Waals surface area contributed by atoms with Gasteiger partial charge < -0.3 is 15.4 Å². The van der Waals surface area contributed by atoms with Gasteiger partial charge in [-0.2, -0.15) is 0 Å². The normalized spacial score (nSPS) is 11.5. The van der Waals surface area contributed by atoms with Crippen LogP contribution in [-0.4, -0.2) is 31.0 Å². The van der Waals surface area contributed by atoms with E-state index in [1.54, 1.807) is 31.2 Å². The zero-order valence-corrected chi connectivity index (χ0v) is 11.7. The first-order valence-electron chi connectivity index (χ1n) is 5.98. The molecule has 1 aromatic carbocycles. The van der Waals surface area contributed by atoms with Crippen molar-refractivity contribution in [2.45, 2.75) is 19.9 Å². The van der Waals surface area contributed by atoms with Crippen LogP contribution < -0.4 is 15.4 Å². The monoisotopic (exact) mass is 284 g/mol. The van der Waals surface area contributed by atoms with Gasteiger partial charge >= 0.3 is 0 Å². The minimum Gasteiger partial charge on any atom is -0.484 e. The molecule has 2 N–H and O–H groups in total. The molecular weight excluding hydrogens is 268 g/mol. The number of ether oxygens (including phenoxy) is 1. The third-order valence-corrected chi connectivity index (χ3v) is 2.56. The lowest BCUT2D eigenvalue weighted by Crippen LogP contribution is -2.46. The first kappa shape index (κ1) is 15.3. The molecule has 19 heavy (non-hydrogen) atoms. The van der Waals surface area contributed by atoms with Gasteiger partial charge in [-0.15, -0.1) is 0 Å². The molecule has 0 aliphatic carbocycles. The van der Waals surface area contributed by atoms with Crippen molar-refractivity contribution in [1.82, 2.24) is 10.6 Å². The molecule has 6 heteroatoms. The highest BCUT2D eigenvalue weighted by Gasteiger charge is 2.14. The molecule has 0 bridgehead atoms. The summed E-state index contributed by atoms with van der Waals surface area (Å²) in [6.07, 6.45) is 0. The second-order valence-electron chi connectivity index (χ2n) is 3.93. The average molecular weight is 285 g/mol. The molecular formula is C13H17ClN2O3. The number of likely N-dealkylation sites (N-methyl/N-ethyl adjacent to an activating group) is 1. The Morgan fingerprint density at radius 3 is 2.53 bits per heavy atom. The van der Waals surface area contributed by atoms with E-state index in [0.717, 1.165) is 0 Å². The molecule has 0 aromatic heterocycles. The first-order chi connectivity index (χ1) is 9.02.